The van der Waals surface area contributed by atoms with E-state index in [4.69, 9.17) is 14.2 Å². The second kappa shape index (κ2) is 47.7. The molecule has 0 aromatic rings. The fraction of sp³-hybridized carbons (Fsp3) is 0.611. The van der Waals surface area contributed by atoms with Crippen LogP contribution in [-0.4, -0.2) is 37.2 Å². The predicted octanol–water partition coefficient (Wildman–Crippen LogP) is 15.6. The number of hydrogen-bond acceptors (Lipinski definition) is 6. The largest absolute Gasteiger partial charge is 0.462 e. The van der Waals surface area contributed by atoms with Crippen molar-refractivity contribution >= 4 is 17.9 Å². The fourth-order valence-corrected chi connectivity index (χ4v) is 6.13. The van der Waals surface area contributed by atoms with Gasteiger partial charge in [0.05, 0.1) is 0 Å². The van der Waals surface area contributed by atoms with Crippen LogP contribution in [0.1, 0.15) is 194 Å². The van der Waals surface area contributed by atoms with E-state index in [0.717, 1.165) is 103 Å². The normalized spacial score (nSPS) is 13.1. The molecule has 6 nitrogen and oxygen atoms in total. The van der Waals surface area contributed by atoms with Gasteiger partial charge in [0, 0.05) is 19.3 Å². The van der Waals surface area contributed by atoms with Crippen LogP contribution in [0.5, 0.6) is 0 Å². The number of esters is 3. The summed E-state index contributed by atoms with van der Waals surface area (Å²) in [6, 6.07) is 0. The zero-order valence-electron chi connectivity index (χ0n) is 38.4. The van der Waals surface area contributed by atoms with Crippen LogP contribution in [0.25, 0.3) is 0 Å². The maximum Gasteiger partial charge on any atom is 0.306 e. The average molecular weight is 831 g/mol. The third-order valence-electron chi connectivity index (χ3n) is 9.68. The first-order valence-electron chi connectivity index (χ1n) is 24.0. The lowest BCUT2D eigenvalue weighted by Crippen LogP contribution is -2.30. The summed E-state index contributed by atoms with van der Waals surface area (Å²) >= 11 is 0. The molecule has 0 rings (SSSR count). The first-order valence-corrected chi connectivity index (χ1v) is 24.0. The lowest BCUT2D eigenvalue weighted by Gasteiger charge is -2.18. The van der Waals surface area contributed by atoms with Crippen molar-refractivity contribution in [2.75, 3.05) is 13.2 Å². The number of allylic oxidation sites excluding steroid dienone is 18. The van der Waals surface area contributed by atoms with Crippen molar-refractivity contribution < 1.29 is 28.6 Å². The summed E-state index contributed by atoms with van der Waals surface area (Å²) in [5.41, 5.74) is 0. The molecule has 0 fully saturated rings. The van der Waals surface area contributed by atoms with Crippen molar-refractivity contribution in [1.29, 1.82) is 0 Å². The minimum absolute atomic E-state index is 0.0993. The number of carbonyl (C=O) groups is 3. The number of unbranched alkanes of at least 4 members (excludes halogenated alkanes) is 17. The van der Waals surface area contributed by atoms with Gasteiger partial charge in [0.1, 0.15) is 13.2 Å². The van der Waals surface area contributed by atoms with Gasteiger partial charge in [0.25, 0.3) is 0 Å². The fourth-order valence-electron chi connectivity index (χ4n) is 6.13. The third kappa shape index (κ3) is 45.2. The summed E-state index contributed by atoms with van der Waals surface area (Å²) in [7, 11) is 0. The summed E-state index contributed by atoms with van der Waals surface area (Å²) < 4.78 is 16.7. The second-order valence-corrected chi connectivity index (χ2v) is 15.4. The topological polar surface area (TPSA) is 78.9 Å². The summed E-state index contributed by atoms with van der Waals surface area (Å²) in [4.78, 5) is 37.8. The van der Waals surface area contributed by atoms with Crippen molar-refractivity contribution in [1.82, 2.24) is 0 Å². The average Bonchev–Trinajstić information content (AvgIpc) is 3.24. The molecule has 1 unspecified atom stereocenters. The first kappa shape index (κ1) is 56.1. The highest BCUT2D eigenvalue weighted by Crippen LogP contribution is 2.13. The number of hydrogen-bond donors (Lipinski definition) is 0. The van der Waals surface area contributed by atoms with Gasteiger partial charge in [-0.25, -0.2) is 0 Å². The van der Waals surface area contributed by atoms with Gasteiger partial charge in [0.2, 0.25) is 0 Å². The molecule has 0 bridgehead atoms. The van der Waals surface area contributed by atoms with Crippen LogP contribution in [0.3, 0.4) is 0 Å². The predicted molar refractivity (Wildman–Crippen MR) is 256 cm³/mol. The van der Waals surface area contributed by atoms with E-state index in [1.807, 2.05) is 60.8 Å². The number of ether oxygens (including phenoxy) is 3. The molecule has 0 aliphatic rings. The van der Waals surface area contributed by atoms with E-state index in [1.165, 1.54) is 51.4 Å². The molecule has 0 radical (unpaired) electrons. The van der Waals surface area contributed by atoms with Crippen LogP contribution >= 0.6 is 0 Å². The van der Waals surface area contributed by atoms with Crippen molar-refractivity contribution in [3.8, 4) is 0 Å². The maximum absolute atomic E-state index is 12.8. The molecule has 0 heterocycles. The van der Waals surface area contributed by atoms with Crippen molar-refractivity contribution in [2.24, 2.45) is 0 Å². The molecular formula is C54H86O6. The van der Waals surface area contributed by atoms with E-state index in [-0.39, 0.29) is 31.1 Å². The zero-order chi connectivity index (χ0) is 43.7. The van der Waals surface area contributed by atoms with Crippen molar-refractivity contribution in [3.63, 3.8) is 0 Å². The maximum atomic E-state index is 12.8. The molecule has 6 heteroatoms. The molecule has 338 valence electrons. The van der Waals surface area contributed by atoms with E-state index in [1.54, 1.807) is 0 Å². The number of rotatable bonds is 41. The molecule has 0 saturated heterocycles. The summed E-state index contributed by atoms with van der Waals surface area (Å²) in [6.07, 6.45) is 63.5. The molecule has 0 spiro atoms. The summed E-state index contributed by atoms with van der Waals surface area (Å²) in [5, 5.41) is 0. The van der Waals surface area contributed by atoms with E-state index >= 15 is 0 Å². The van der Waals surface area contributed by atoms with E-state index in [9.17, 15) is 14.4 Å². The Hall–Kier alpha value is -3.93. The van der Waals surface area contributed by atoms with E-state index in [2.05, 4.69) is 69.4 Å². The van der Waals surface area contributed by atoms with Gasteiger partial charge >= 0.3 is 17.9 Å². The molecule has 60 heavy (non-hydrogen) atoms. The Morgan fingerprint density at radius 3 is 1.23 bits per heavy atom. The highest BCUT2D eigenvalue weighted by Gasteiger charge is 2.19. The van der Waals surface area contributed by atoms with Gasteiger partial charge in [-0.1, -0.05) is 214 Å². The molecular weight excluding hydrogens is 745 g/mol. The van der Waals surface area contributed by atoms with Crippen molar-refractivity contribution in [2.45, 2.75) is 200 Å². The molecule has 0 saturated carbocycles. The van der Waals surface area contributed by atoms with Gasteiger partial charge in [-0.3, -0.25) is 14.4 Å². The van der Waals surface area contributed by atoms with Crippen LogP contribution in [0, 0.1) is 0 Å². The van der Waals surface area contributed by atoms with Crippen LogP contribution in [-0.2, 0) is 28.6 Å². The lowest BCUT2D eigenvalue weighted by atomic mass is 10.1. The van der Waals surface area contributed by atoms with E-state index in [0.29, 0.717) is 19.3 Å². The monoisotopic (exact) mass is 831 g/mol. The Balaban J connectivity index is 4.49. The van der Waals surface area contributed by atoms with Crippen LogP contribution in [0.4, 0.5) is 0 Å². The van der Waals surface area contributed by atoms with Crippen LogP contribution < -0.4 is 0 Å². The van der Waals surface area contributed by atoms with Crippen LogP contribution in [0.15, 0.2) is 109 Å². The van der Waals surface area contributed by atoms with Crippen molar-refractivity contribution in [3.05, 3.63) is 109 Å². The van der Waals surface area contributed by atoms with Gasteiger partial charge < -0.3 is 14.2 Å². The minimum atomic E-state index is -0.802. The van der Waals surface area contributed by atoms with Gasteiger partial charge in [-0.2, -0.15) is 0 Å². The van der Waals surface area contributed by atoms with Crippen LogP contribution in [0.2, 0.25) is 0 Å². The standard InChI is InChI=1S/C54H86O6/c1-4-7-10-13-16-19-21-23-25-27-29-30-32-35-38-41-44-47-53(56)59-50-51(49-58-52(55)46-43-40-37-34-18-15-12-9-6-3)60-54(57)48-45-42-39-36-33-31-28-26-24-22-20-17-14-11-8-5-2/h7-8,10-11,13,16-17,19-21,23-27,29-30,32,51H,4-6,9,12,14-15,18,22,28,31,33-50H2,1-3H3/b10-7-,11-8-,16-13-,20-17-,21-19-,25-23-,26-24-,29-27+,32-30-. The molecule has 0 aliphatic carbocycles. The molecule has 0 aliphatic heterocycles. The number of carbonyl (C=O) groups excluding carboxylic acids is 3. The molecule has 0 amide bonds. The smallest absolute Gasteiger partial charge is 0.306 e. The second-order valence-electron chi connectivity index (χ2n) is 15.4. The third-order valence-corrected chi connectivity index (χ3v) is 9.68. The molecule has 0 N–H and O–H groups in total. The Labute approximate surface area is 368 Å². The van der Waals surface area contributed by atoms with E-state index < -0.39 is 6.10 Å². The SMILES string of the molecule is CC\C=C/C=C\C=C/C=C\C=C\C=C/CCCCCC(=O)OCC(COC(=O)CCCCCCCCCCC)OC(=O)CCCCCCCC/C=C\C/C=C\C/C=C\CC. The highest BCUT2D eigenvalue weighted by atomic mass is 16.6. The molecule has 0 aromatic carbocycles. The highest BCUT2D eigenvalue weighted by molar-refractivity contribution is 5.71. The molecule has 1 atom stereocenters. The summed E-state index contributed by atoms with van der Waals surface area (Å²) in [6.45, 7) is 6.29. The van der Waals surface area contributed by atoms with Gasteiger partial charge in [-0.15, -0.1) is 0 Å². The Morgan fingerprint density at radius 2 is 0.733 bits per heavy atom. The Bertz CT molecular complexity index is 1280. The first-order chi connectivity index (χ1) is 29.5. The zero-order valence-corrected chi connectivity index (χ0v) is 38.4. The minimum Gasteiger partial charge on any atom is -0.462 e. The Kier molecular flexibility index (Phi) is 44.6. The lowest BCUT2D eigenvalue weighted by molar-refractivity contribution is -0.167. The van der Waals surface area contributed by atoms with Gasteiger partial charge in [-0.05, 0) is 70.6 Å². The molecule has 0 aromatic heterocycles. The quantitative estimate of drug-likeness (QED) is 0.0201. The van der Waals surface area contributed by atoms with Gasteiger partial charge in [0.15, 0.2) is 6.10 Å². The summed E-state index contributed by atoms with van der Waals surface area (Å²) in [5.74, 6) is -0.969. The Morgan fingerprint density at radius 1 is 0.367 bits per heavy atom.